The second-order valence-electron chi connectivity index (χ2n) is 12.5. The van der Waals surface area contributed by atoms with E-state index in [1.807, 2.05) is 18.2 Å². The van der Waals surface area contributed by atoms with Crippen molar-refractivity contribution in [3.8, 4) is 5.75 Å². The van der Waals surface area contributed by atoms with E-state index in [0.717, 1.165) is 70.8 Å². The summed E-state index contributed by atoms with van der Waals surface area (Å²) in [7, 11) is 1.66. The molecule has 1 amide bonds. The van der Waals surface area contributed by atoms with Crippen molar-refractivity contribution in [2.24, 2.45) is 0 Å². The molecule has 0 radical (unpaired) electrons. The summed E-state index contributed by atoms with van der Waals surface area (Å²) in [5, 5.41) is 27.5. The van der Waals surface area contributed by atoms with Gasteiger partial charge in [-0.25, -0.2) is 9.59 Å². The number of anilines is 1. The Labute approximate surface area is 277 Å². The van der Waals surface area contributed by atoms with Crippen molar-refractivity contribution in [1.29, 1.82) is 0 Å². The molecule has 3 aromatic carbocycles. The van der Waals surface area contributed by atoms with Crippen molar-refractivity contribution in [1.82, 2.24) is 15.1 Å². The Hall–Kier alpha value is -5.26. The van der Waals surface area contributed by atoms with Crippen LogP contribution in [-0.2, 0) is 31.1 Å². The molecular weight excluding hydrogens is 612 g/mol. The summed E-state index contributed by atoms with van der Waals surface area (Å²) in [4.78, 5) is 34.6. The molecule has 48 heavy (non-hydrogen) atoms. The van der Waals surface area contributed by atoms with E-state index in [1.54, 1.807) is 7.11 Å². The summed E-state index contributed by atoms with van der Waals surface area (Å²) < 4.78 is 11.3. The molecule has 4 N–H and O–H groups in total. The number of H-pyrrole nitrogens is 1. The van der Waals surface area contributed by atoms with Gasteiger partial charge in [0.2, 0.25) is 5.91 Å². The van der Waals surface area contributed by atoms with Gasteiger partial charge in [-0.05, 0) is 72.9 Å². The Balaban J connectivity index is 0.000000449. The summed E-state index contributed by atoms with van der Waals surface area (Å²) in [6.45, 7) is 7.16. The number of rotatable bonds is 8. The van der Waals surface area contributed by atoms with Crippen molar-refractivity contribution < 1.29 is 34.1 Å². The van der Waals surface area contributed by atoms with Crippen LogP contribution in [0.15, 0.2) is 72.8 Å². The Morgan fingerprint density at radius 1 is 1.00 bits per heavy atom. The first-order chi connectivity index (χ1) is 23.0. The molecule has 2 aliphatic heterocycles. The van der Waals surface area contributed by atoms with Crippen LogP contribution in [0, 0.1) is 0 Å². The first-order valence-corrected chi connectivity index (χ1v) is 15.8. The lowest BCUT2D eigenvalue weighted by molar-refractivity contribution is -0.134. The summed E-state index contributed by atoms with van der Waals surface area (Å²) in [6, 6.07) is 21.0. The topological polar surface area (TPSA) is 154 Å². The molecule has 11 heteroatoms. The maximum Gasteiger partial charge on any atom is 0.328 e. The fourth-order valence-corrected chi connectivity index (χ4v) is 6.82. The maximum absolute atomic E-state index is 13.0. The lowest BCUT2D eigenvalue weighted by Crippen LogP contribution is -2.44. The monoisotopic (exact) mass is 650 g/mol. The molecule has 0 bridgehead atoms. The van der Waals surface area contributed by atoms with Crippen LogP contribution in [0.4, 0.5) is 5.69 Å². The number of fused-ring (bicyclic) bond motifs is 3. The number of morpholine rings is 1. The molecule has 4 aromatic rings. The number of carboxylic acids is 2. The molecule has 1 aliphatic carbocycles. The fraction of sp³-hybridized carbons (Fsp3) is 0.297. The van der Waals surface area contributed by atoms with Gasteiger partial charge in [-0.3, -0.25) is 14.8 Å². The molecular formula is C37H38N4O7. The summed E-state index contributed by atoms with van der Waals surface area (Å²) in [6.07, 6.45) is 6.63. The van der Waals surface area contributed by atoms with Gasteiger partial charge in [-0.2, -0.15) is 5.10 Å². The molecule has 1 unspecified atom stereocenters. The van der Waals surface area contributed by atoms with Crippen LogP contribution in [0.5, 0.6) is 5.75 Å². The van der Waals surface area contributed by atoms with Crippen LogP contribution in [0.1, 0.15) is 54.1 Å². The van der Waals surface area contributed by atoms with E-state index in [1.165, 1.54) is 5.56 Å². The molecule has 1 saturated heterocycles. The van der Waals surface area contributed by atoms with Crippen LogP contribution >= 0.6 is 0 Å². The fourth-order valence-electron chi connectivity index (χ4n) is 6.82. The van der Waals surface area contributed by atoms with E-state index in [0.29, 0.717) is 12.2 Å². The molecule has 3 aliphatic rings. The lowest BCUT2D eigenvalue weighted by atomic mass is 9.91. The third kappa shape index (κ3) is 6.87. The van der Waals surface area contributed by atoms with Gasteiger partial charge >= 0.3 is 11.9 Å². The first-order valence-electron chi connectivity index (χ1n) is 15.8. The third-order valence-corrected chi connectivity index (χ3v) is 9.02. The third-order valence-electron chi connectivity index (χ3n) is 9.02. The number of nitrogens with one attached hydrogen (secondary N) is 2. The number of ether oxygens (including phenoxy) is 2. The predicted molar refractivity (Wildman–Crippen MR) is 182 cm³/mol. The molecule has 1 spiro atoms. The number of aromatic amines is 1. The first kappa shape index (κ1) is 32.7. The van der Waals surface area contributed by atoms with E-state index in [-0.39, 0.29) is 24.0 Å². The molecule has 11 nitrogen and oxygen atoms in total. The van der Waals surface area contributed by atoms with Crippen molar-refractivity contribution in [2.45, 2.75) is 50.4 Å². The van der Waals surface area contributed by atoms with E-state index in [9.17, 15) is 14.4 Å². The number of hydrogen-bond acceptors (Lipinski definition) is 7. The Morgan fingerprint density at radius 2 is 1.71 bits per heavy atom. The second-order valence-corrected chi connectivity index (χ2v) is 12.5. The number of methoxy groups -OCH3 is 1. The highest BCUT2D eigenvalue weighted by Crippen LogP contribution is 2.65. The van der Waals surface area contributed by atoms with Crippen LogP contribution in [0.2, 0.25) is 0 Å². The smallest absolute Gasteiger partial charge is 0.328 e. The van der Waals surface area contributed by atoms with Gasteiger partial charge < -0.3 is 25.0 Å². The number of carboxylic acid groups (broad SMARTS) is 2. The SMILES string of the molecule is COc1ccc2c(c1)[C@]1(CC1c1ccc3c(/C=C/c4ccc(CN5C[C@@H](C)O[C@@H](C)C5)cc4)n[nH]c3c1)C(=O)N2.O=C(O)/C=C/C(=O)O. The minimum Gasteiger partial charge on any atom is -0.497 e. The van der Waals surface area contributed by atoms with Gasteiger partial charge in [-0.15, -0.1) is 0 Å². The minimum absolute atomic E-state index is 0.0779. The summed E-state index contributed by atoms with van der Waals surface area (Å²) in [5.41, 5.74) is 6.90. The number of aromatic nitrogens is 2. The normalized spacial score (nSPS) is 23.2. The minimum atomic E-state index is -1.26. The number of nitrogens with zero attached hydrogens (tertiary/aromatic N) is 2. The quantitative estimate of drug-likeness (QED) is 0.183. The summed E-state index contributed by atoms with van der Waals surface area (Å²) >= 11 is 0. The number of carbonyl (C=O) groups is 3. The largest absolute Gasteiger partial charge is 0.497 e. The van der Waals surface area contributed by atoms with Crippen molar-refractivity contribution >= 4 is 46.6 Å². The molecule has 7 rings (SSSR count). The van der Waals surface area contributed by atoms with E-state index < -0.39 is 17.4 Å². The van der Waals surface area contributed by atoms with Crippen molar-refractivity contribution in [3.63, 3.8) is 0 Å². The highest BCUT2D eigenvalue weighted by atomic mass is 16.5. The molecule has 1 aromatic heterocycles. The van der Waals surface area contributed by atoms with Crippen molar-refractivity contribution in [2.75, 3.05) is 25.5 Å². The summed E-state index contributed by atoms with van der Waals surface area (Å²) in [5.74, 6) is -1.53. The lowest BCUT2D eigenvalue weighted by Gasteiger charge is -2.35. The molecule has 1 saturated carbocycles. The molecule has 3 heterocycles. The zero-order valence-corrected chi connectivity index (χ0v) is 27.0. The second kappa shape index (κ2) is 13.5. The van der Waals surface area contributed by atoms with Crippen LogP contribution in [0.3, 0.4) is 0 Å². The molecule has 4 atom stereocenters. The van der Waals surface area contributed by atoms with Gasteiger partial charge in [0.1, 0.15) is 5.75 Å². The molecule has 2 fully saturated rings. The maximum atomic E-state index is 13.0. The number of amides is 1. The average molecular weight is 651 g/mol. The van der Waals surface area contributed by atoms with E-state index in [2.05, 4.69) is 88.9 Å². The van der Waals surface area contributed by atoms with Crippen molar-refractivity contribution in [3.05, 3.63) is 101 Å². The zero-order chi connectivity index (χ0) is 34.0. The van der Waals surface area contributed by atoms with Gasteiger partial charge in [0.05, 0.1) is 35.9 Å². The van der Waals surface area contributed by atoms with E-state index >= 15 is 0 Å². The van der Waals surface area contributed by atoms with Gasteiger partial charge in [0.25, 0.3) is 0 Å². The van der Waals surface area contributed by atoms with Crippen LogP contribution in [-0.4, -0.2) is 75.6 Å². The number of aliphatic carboxylic acids is 2. The zero-order valence-electron chi connectivity index (χ0n) is 27.0. The number of hydrogen-bond donors (Lipinski definition) is 4. The van der Waals surface area contributed by atoms with Crippen LogP contribution < -0.4 is 10.1 Å². The average Bonchev–Trinajstić information content (AvgIpc) is 3.59. The van der Waals surface area contributed by atoms with E-state index in [4.69, 9.17) is 19.7 Å². The van der Waals surface area contributed by atoms with Crippen LogP contribution in [0.25, 0.3) is 23.1 Å². The Morgan fingerprint density at radius 3 is 2.38 bits per heavy atom. The van der Waals surface area contributed by atoms with Gasteiger partial charge in [0.15, 0.2) is 0 Å². The Bertz CT molecular complexity index is 1890. The van der Waals surface area contributed by atoms with Gasteiger partial charge in [-0.1, -0.05) is 42.5 Å². The predicted octanol–water partition coefficient (Wildman–Crippen LogP) is 5.44. The Kier molecular flexibility index (Phi) is 9.16. The number of benzene rings is 3. The van der Waals surface area contributed by atoms with Gasteiger partial charge in [0, 0.05) is 48.8 Å². The molecule has 248 valence electrons. The highest BCUT2D eigenvalue weighted by Gasteiger charge is 2.65. The number of carbonyl (C=O) groups excluding carboxylic acids is 1. The standard InChI is InChI=1S/C33H34N4O3.C4H4O4/c1-20-17-37(18-21(2)40-20)19-23-6-4-22(5-7-23)8-12-29-26-11-9-24(14-31(26)36-35-29)28-16-33(28)27-15-25(39-3)10-13-30(27)34-32(33)38;5-3(6)1-2-4(7)8/h4-15,20-21,28H,16-19H2,1-3H3,(H,34,38)(H,35,36);1-2H,(H,5,6)(H,7,8)/b12-8+;2-1+/t20-,21+,28?,33-;/m0./s1. The highest BCUT2D eigenvalue weighted by molar-refractivity contribution is 6.10.